The minimum Gasteiger partial charge on any atom is -0.497 e. The van der Waals surface area contributed by atoms with Crippen molar-refractivity contribution in [3.8, 4) is 5.75 Å². The molecule has 2 N–H and O–H groups in total. The van der Waals surface area contributed by atoms with E-state index in [1.165, 1.54) is 5.56 Å². The zero-order valence-corrected chi connectivity index (χ0v) is 12.9. The minimum absolute atomic E-state index is 0.0273. The van der Waals surface area contributed by atoms with Crippen molar-refractivity contribution >= 4 is 10.8 Å². The molecule has 1 aromatic carbocycles. The number of ether oxygens (including phenoxy) is 1. The lowest BCUT2D eigenvalue weighted by molar-refractivity contribution is 0.414. The van der Waals surface area contributed by atoms with E-state index in [1.807, 2.05) is 18.2 Å². The fourth-order valence-electron chi connectivity index (χ4n) is 2.51. The molecular weight excluding hydrogens is 258 g/mol. The molecule has 19 heavy (non-hydrogen) atoms. The van der Waals surface area contributed by atoms with E-state index in [-0.39, 0.29) is 16.5 Å². The Morgan fingerprint density at radius 2 is 2.05 bits per heavy atom. The summed E-state index contributed by atoms with van der Waals surface area (Å²) in [6.07, 6.45) is 0.810. The van der Waals surface area contributed by atoms with Gasteiger partial charge in [0.15, 0.2) is 0 Å². The molecular formula is C15H23NO2S. The Labute approximate surface area is 118 Å². The van der Waals surface area contributed by atoms with Crippen molar-refractivity contribution in [3.63, 3.8) is 0 Å². The van der Waals surface area contributed by atoms with Crippen molar-refractivity contribution in [1.29, 1.82) is 0 Å². The highest BCUT2D eigenvalue weighted by Gasteiger charge is 2.36. The maximum atomic E-state index is 12.6. The molecule has 0 bridgehead atoms. The van der Waals surface area contributed by atoms with Crippen LogP contribution >= 0.6 is 0 Å². The van der Waals surface area contributed by atoms with Crippen molar-refractivity contribution < 1.29 is 8.95 Å². The molecule has 0 heterocycles. The number of nitrogens with two attached hydrogens (primary N) is 1. The standard InChI is InChI=1S/C15H23NO2S/c1-9(2)10(3)19(17)14-7-11-5-6-12(18-4)8-13(11)15(14)16/h5-6,8-10,14-15H,7,16H2,1-4H3. The monoisotopic (exact) mass is 281 g/mol. The van der Waals surface area contributed by atoms with E-state index in [1.54, 1.807) is 7.11 Å². The third-order valence-electron chi connectivity index (χ3n) is 4.14. The number of hydrogen-bond acceptors (Lipinski definition) is 3. The number of fused-ring (bicyclic) bond motifs is 1. The second-order valence-corrected chi connectivity index (χ2v) is 7.62. The van der Waals surface area contributed by atoms with Crippen LogP contribution in [0.15, 0.2) is 18.2 Å². The van der Waals surface area contributed by atoms with E-state index in [2.05, 4.69) is 20.8 Å². The fraction of sp³-hybridized carbons (Fsp3) is 0.600. The van der Waals surface area contributed by atoms with Crippen LogP contribution in [0.1, 0.15) is 37.9 Å². The van der Waals surface area contributed by atoms with Gasteiger partial charge in [-0.15, -0.1) is 0 Å². The summed E-state index contributed by atoms with van der Waals surface area (Å²) in [7, 11) is 0.751. The Morgan fingerprint density at radius 1 is 1.37 bits per heavy atom. The maximum Gasteiger partial charge on any atom is 0.119 e. The van der Waals surface area contributed by atoms with Crippen molar-refractivity contribution in [2.24, 2.45) is 11.7 Å². The smallest absolute Gasteiger partial charge is 0.119 e. The first-order valence-corrected chi connectivity index (χ1v) is 8.05. The second kappa shape index (κ2) is 5.63. The molecule has 1 aliphatic carbocycles. The van der Waals surface area contributed by atoms with E-state index in [0.717, 1.165) is 17.7 Å². The van der Waals surface area contributed by atoms with Crippen LogP contribution in [0.4, 0.5) is 0 Å². The lowest BCUT2D eigenvalue weighted by atomic mass is 10.1. The van der Waals surface area contributed by atoms with Crippen LogP contribution in [-0.2, 0) is 17.2 Å². The molecule has 2 rings (SSSR count). The summed E-state index contributed by atoms with van der Waals surface area (Å²) < 4.78 is 17.9. The zero-order chi connectivity index (χ0) is 14.2. The van der Waals surface area contributed by atoms with E-state index in [4.69, 9.17) is 10.5 Å². The number of rotatable bonds is 4. The summed E-state index contributed by atoms with van der Waals surface area (Å²) >= 11 is 0. The highest BCUT2D eigenvalue weighted by atomic mass is 32.2. The van der Waals surface area contributed by atoms with Crippen molar-refractivity contribution in [2.45, 2.75) is 43.7 Å². The van der Waals surface area contributed by atoms with Gasteiger partial charge in [-0.2, -0.15) is 0 Å². The van der Waals surface area contributed by atoms with Gasteiger partial charge >= 0.3 is 0 Å². The molecule has 1 aromatic rings. The van der Waals surface area contributed by atoms with Gasteiger partial charge in [-0.1, -0.05) is 26.8 Å². The summed E-state index contributed by atoms with van der Waals surface area (Å²) in [5.74, 6) is 1.23. The normalized spacial score (nSPS) is 25.2. The highest BCUT2D eigenvalue weighted by Crippen LogP contribution is 2.36. The van der Waals surface area contributed by atoms with Gasteiger partial charge in [-0.3, -0.25) is 4.21 Å². The topological polar surface area (TPSA) is 52.3 Å². The Kier molecular flexibility index (Phi) is 4.31. The number of hydrogen-bond donors (Lipinski definition) is 1. The number of benzene rings is 1. The predicted molar refractivity (Wildman–Crippen MR) is 79.9 cm³/mol. The number of methoxy groups -OCH3 is 1. The van der Waals surface area contributed by atoms with Crippen LogP contribution in [0.3, 0.4) is 0 Å². The van der Waals surface area contributed by atoms with Gasteiger partial charge in [-0.05, 0) is 35.6 Å². The minimum atomic E-state index is -0.901. The van der Waals surface area contributed by atoms with Gasteiger partial charge in [-0.25, -0.2) is 0 Å². The lowest BCUT2D eigenvalue weighted by Crippen LogP contribution is -2.33. The SMILES string of the molecule is COc1ccc2c(c1)C(N)C(S(=O)C(C)C(C)C)C2. The van der Waals surface area contributed by atoms with Crippen LogP contribution in [0, 0.1) is 5.92 Å². The second-order valence-electron chi connectivity index (χ2n) is 5.61. The fourth-order valence-corrected chi connectivity index (χ4v) is 4.38. The predicted octanol–water partition coefficient (Wildman–Crippen LogP) is 2.41. The Bertz CT molecular complexity index is 487. The van der Waals surface area contributed by atoms with Crippen LogP contribution in [-0.4, -0.2) is 21.8 Å². The maximum absolute atomic E-state index is 12.6. The molecule has 106 valence electrons. The van der Waals surface area contributed by atoms with Gasteiger partial charge in [0, 0.05) is 22.1 Å². The zero-order valence-electron chi connectivity index (χ0n) is 12.1. The molecule has 0 saturated heterocycles. The first-order valence-electron chi connectivity index (χ1n) is 6.77. The van der Waals surface area contributed by atoms with Gasteiger partial charge in [0.25, 0.3) is 0 Å². The molecule has 4 atom stereocenters. The van der Waals surface area contributed by atoms with Crippen molar-refractivity contribution in [1.82, 2.24) is 0 Å². The van der Waals surface area contributed by atoms with Gasteiger partial charge in [0.2, 0.25) is 0 Å². The van der Waals surface area contributed by atoms with Crippen molar-refractivity contribution in [3.05, 3.63) is 29.3 Å². The Hall–Kier alpha value is -0.870. The van der Waals surface area contributed by atoms with Crippen molar-refractivity contribution in [2.75, 3.05) is 7.11 Å². The summed E-state index contributed by atoms with van der Waals surface area (Å²) in [5.41, 5.74) is 8.61. The molecule has 0 radical (unpaired) electrons. The van der Waals surface area contributed by atoms with Gasteiger partial charge < -0.3 is 10.5 Å². The summed E-state index contributed by atoms with van der Waals surface area (Å²) in [6.45, 7) is 6.27. The third kappa shape index (κ3) is 2.70. The first-order chi connectivity index (χ1) is 8.95. The molecule has 0 aliphatic heterocycles. The lowest BCUT2D eigenvalue weighted by Gasteiger charge is -2.22. The molecule has 4 unspecified atom stereocenters. The molecule has 4 heteroatoms. The molecule has 0 fully saturated rings. The highest BCUT2D eigenvalue weighted by molar-refractivity contribution is 7.86. The van der Waals surface area contributed by atoms with E-state index in [9.17, 15) is 4.21 Å². The molecule has 0 spiro atoms. The van der Waals surface area contributed by atoms with E-state index < -0.39 is 10.8 Å². The largest absolute Gasteiger partial charge is 0.497 e. The summed E-state index contributed by atoms with van der Waals surface area (Å²) in [4.78, 5) is 0. The van der Waals surface area contributed by atoms with Crippen LogP contribution in [0.25, 0.3) is 0 Å². The van der Waals surface area contributed by atoms with Gasteiger partial charge in [0.05, 0.1) is 12.4 Å². The average Bonchev–Trinajstić information content (AvgIpc) is 2.73. The van der Waals surface area contributed by atoms with E-state index in [0.29, 0.717) is 5.92 Å². The average molecular weight is 281 g/mol. The van der Waals surface area contributed by atoms with Crippen LogP contribution < -0.4 is 10.5 Å². The molecule has 1 aliphatic rings. The van der Waals surface area contributed by atoms with Crippen LogP contribution in [0.2, 0.25) is 0 Å². The van der Waals surface area contributed by atoms with Gasteiger partial charge in [0.1, 0.15) is 5.75 Å². The van der Waals surface area contributed by atoms with Crippen LogP contribution in [0.5, 0.6) is 5.75 Å². The molecule has 0 saturated carbocycles. The summed E-state index contributed by atoms with van der Waals surface area (Å²) in [5, 5.41) is 0.201. The molecule has 3 nitrogen and oxygen atoms in total. The Balaban J connectivity index is 2.23. The Morgan fingerprint density at radius 3 is 2.63 bits per heavy atom. The third-order valence-corrected chi connectivity index (χ3v) is 6.47. The quantitative estimate of drug-likeness (QED) is 0.922. The molecule has 0 aromatic heterocycles. The molecule has 0 amide bonds. The van der Waals surface area contributed by atoms with E-state index >= 15 is 0 Å². The first kappa shape index (κ1) is 14.5. The summed E-state index contributed by atoms with van der Waals surface area (Å²) in [6, 6.07) is 5.83.